The molecule has 0 spiro atoms. The lowest BCUT2D eigenvalue weighted by molar-refractivity contribution is -0.141. The number of ketones is 1. The van der Waals surface area contributed by atoms with E-state index in [2.05, 4.69) is 11.8 Å². The van der Waals surface area contributed by atoms with Gasteiger partial charge in [-0.15, -0.1) is 0 Å². The maximum absolute atomic E-state index is 12.7. The monoisotopic (exact) mass is 440 g/mol. The van der Waals surface area contributed by atoms with Crippen molar-refractivity contribution < 1.29 is 19.8 Å². The summed E-state index contributed by atoms with van der Waals surface area (Å²) in [6.07, 6.45) is 2.46. The number of carbonyl (C=O) groups is 2. The number of carbonyl (C=O) groups excluding carboxylic acids is 1. The van der Waals surface area contributed by atoms with Crippen LogP contribution in [0.4, 0.5) is 0 Å². The average molecular weight is 441 g/mol. The topological polar surface area (TPSA) is 74.6 Å². The molecule has 0 bridgehead atoms. The van der Waals surface area contributed by atoms with Crippen molar-refractivity contribution in [2.45, 2.75) is 32.1 Å². The first kappa shape index (κ1) is 24.0. The molecule has 3 aromatic rings. The van der Waals surface area contributed by atoms with Gasteiger partial charge in [-0.05, 0) is 48.1 Å². The minimum Gasteiger partial charge on any atom is -0.481 e. The Morgan fingerprint density at radius 2 is 1.48 bits per heavy atom. The molecule has 1 atom stereocenters. The van der Waals surface area contributed by atoms with Crippen molar-refractivity contribution in [3.63, 3.8) is 0 Å². The fourth-order valence-corrected chi connectivity index (χ4v) is 3.67. The second kappa shape index (κ2) is 12.4. The van der Waals surface area contributed by atoms with Crippen LogP contribution >= 0.6 is 0 Å². The summed E-state index contributed by atoms with van der Waals surface area (Å²) < 4.78 is 0. The number of carboxylic acid groups (broad SMARTS) is 1. The molecule has 0 aliphatic heterocycles. The van der Waals surface area contributed by atoms with E-state index in [0.717, 1.165) is 29.5 Å². The molecule has 0 aliphatic carbocycles. The number of rotatable bonds is 10. The van der Waals surface area contributed by atoms with Gasteiger partial charge in [0.1, 0.15) is 0 Å². The van der Waals surface area contributed by atoms with Crippen molar-refractivity contribution in [3.05, 3.63) is 95.6 Å². The van der Waals surface area contributed by atoms with E-state index in [1.807, 2.05) is 66.7 Å². The molecule has 0 amide bonds. The van der Waals surface area contributed by atoms with Crippen LogP contribution in [0.25, 0.3) is 11.1 Å². The van der Waals surface area contributed by atoms with Gasteiger partial charge < -0.3 is 10.2 Å². The molecule has 0 radical (unpaired) electrons. The fourth-order valence-electron chi connectivity index (χ4n) is 3.67. The zero-order valence-corrected chi connectivity index (χ0v) is 18.5. The maximum Gasteiger partial charge on any atom is 0.306 e. The first-order valence-electron chi connectivity index (χ1n) is 11.2. The number of Topliss-reactive ketones (excluding diaryl/α,β-unsaturated/α-hetero) is 1. The third-order valence-corrected chi connectivity index (χ3v) is 5.54. The van der Waals surface area contributed by atoms with Crippen molar-refractivity contribution in [3.8, 4) is 23.0 Å². The molecular weight excluding hydrogens is 412 g/mol. The van der Waals surface area contributed by atoms with Gasteiger partial charge in [0.2, 0.25) is 0 Å². The Balaban J connectivity index is 1.58. The lowest BCUT2D eigenvalue weighted by atomic mass is 9.92. The van der Waals surface area contributed by atoms with Crippen molar-refractivity contribution >= 4 is 11.8 Å². The first-order chi connectivity index (χ1) is 16.1. The van der Waals surface area contributed by atoms with Crippen LogP contribution in [0.15, 0.2) is 78.9 Å². The van der Waals surface area contributed by atoms with Crippen LogP contribution in [-0.2, 0) is 11.2 Å². The van der Waals surface area contributed by atoms with E-state index < -0.39 is 11.9 Å². The molecule has 4 heteroatoms. The van der Waals surface area contributed by atoms with Gasteiger partial charge in [-0.2, -0.15) is 0 Å². The van der Waals surface area contributed by atoms with Crippen LogP contribution in [0, 0.1) is 17.8 Å². The summed E-state index contributed by atoms with van der Waals surface area (Å²) >= 11 is 0. The Hall–Kier alpha value is -3.68. The van der Waals surface area contributed by atoms with Crippen molar-refractivity contribution in [2.24, 2.45) is 5.92 Å². The minimum absolute atomic E-state index is 0.00464. The van der Waals surface area contributed by atoms with E-state index in [1.54, 1.807) is 12.1 Å². The Morgan fingerprint density at radius 3 is 2.09 bits per heavy atom. The number of aliphatic carboxylic acids is 1. The molecule has 33 heavy (non-hydrogen) atoms. The van der Waals surface area contributed by atoms with Crippen LogP contribution in [0.1, 0.15) is 47.2 Å². The number of hydrogen-bond donors (Lipinski definition) is 2. The predicted molar refractivity (Wildman–Crippen MR) is 130 cm³/mol. The molecule has 0 fully saturated rings. The number of hydrogen-bond acceptors (Lipinski definition) is 3. The second-order valence-corrected chi connectivity index (χ2v) is 7.97. The fraction of sp³-hybridized carbons (Fsp3) is 0.241. The third kappa shape index (κ3) is 7.45. The van der Waals surface area contributed by atoms with Crippen molar-refractivity contribution in [2.75, 3.05) is 6.61 Å². The number of benzene rings is 3. The van der Waals surface area contributed by atoms with Gasteiger partial charge in [0.25, 0.3) is 0 Å². The number of carboxylic acids is 1. The van der Waals surface area contributed by atoms with E-state index in [1.165, 1.54) is 5.56 Å². The summed E-state index contributed by atoms with van der Waals surface area (Å²) in [6, 6.07) is 25.0. The van der Waals surface area contributed by atoms with Gasteiger partial charge >= 0.3 is 5.97 Å². The van der Waals surface area contributed by atoms with Crippen LogP contribution in [0.3, 0.4) is 0 Å². The molecule has 1 unspecified atom stereocenters. The van der Waals surface area contributed by atoms with Crippen LogP contribution in [0.5, 0.6) is 0 Å². The number of aryl methyl sites for hydroxylation is 1. The van der Waals surface area contributed by atoms with E-state index in [4.69, 9.17) is 5.11 Å². The lowest BCUT2D eigenvalue weighted by Gasteiger charge is -2.12. The summed E-state index contributed by atoms with van der Waals surface area (Å²) in [5, 5.41) is 18.4. The summed E-state index contributed by atoms with van der Waals surface area (Å²) in [4.78, 5) is 24.4. The second-order valence-electron chi connectivity index (χ2n) is 7.97. The molecule has 0 heterocycles. The molecule has 0 aliphatic rings. The summed E-state index contributed by atoms with van der Waals surface area (Å²) in [5.41, 5.74) is 4.56. The van der Waals surface area contributed by atoms with Gasteiger partial charge in [0.05, 0.1) is 12.5 Å². The Kier molecular flexibility index (Phi) is 8.99. The molecule has 168 valence electrons. The molecule has 0 aromatic heterocycles. The Bertz CT molecular complexity index is 1100. The molecule has 2 N–H and O–H groups in total. The highest BCUT2D eigenvalue weighted by molar-refractivity contribution is 5.98. The quantitative estimate of drug-likeness (QED) is 0.328. The lowest BCUT2D eigenvalue weighted by Crippen LogP contribution is -2.18. The summed E-state index contributed by atoms with van der Waals surface area (Å²) in [6.45, 7) is 0.0526. The average Bonchev–Trinajstić information content (AvgIpc) is 2.84. The highest BCUT2D eigenvalue weighted by atomic mass is 16.4. The van der Waals surface area contributed by atoms with Crippen molar-refractivity contribution in [1.29, 1.82) is 0 Å². The summed E-state index contributed by atoms with van der Waals surface area (Å²) in [7, 11) is 0. The number of aliphatic hydroxyl groups is 1. The molecule has 3 rings (SSSR count). The molecule has 0 saturated heterocycles. The van der Waals surface area contributed by atoms with Gasteiger partial charge in [0, 0.05) is 24.0 Å². The normalized spacial score (nSPS) is 11.3. The largest absolute Gasteiger partial charge is 0.481 e. The van der Waals surface area contributed by atoms with E-state index in [9.17, 15) is 14.7 Å². The maximum atomic E-state index is 12.7. The zero-order chi connectivity index (χ0) is 23.5. The summed E-state index contributed by atoms with van der Waals surface area (Å²) in [5.74, 6) is 4.14. The third-order valence-electron chi connectivity index (χ3n) is 5.54. The highest BCUT2D eigenvalue weighted by Crippen LogP contribution is 2.22. The SMILES string of the molecule is O=C(CC(CCCc1ccccc1)C(=O)O)c1ccc(-c2ccc(C#CCCO)cc2)cc1. The van der Waals surface area contributed by atoms with E-state index >= 15 is 0 Å². The molecular formula is C29H28O4. The zero-order valence-electron chi connectivity index (χ0n) is 18.5. The first-order valence-corrected chi connectivity index (χ1v) is 11.2. The van der Waals surface area contributed by atoms with Gasteiger partial charge in [0.15, 0.2) is 5.78 Å². The van der Waals surface area contributed by atoms with Gasteiger partial charge in [-0.25, -0.2) is 0 Å². The van der Waals surface area contributed by atoms with Gasteiger partial charge in [-0.3, -0.25) is 9.59 Å². The smallest absolute Gasteiger partial charge is 0.306 e. The molecule has 3 aromatic carbocycles. The van der Waals surface area contributed by atoms with E-state index in [-0.39, 0.29) is 18.8 Å². The number of aliphatic hydroxyl groups excluding tert-OH is 1. The van der Waals surface area contributed by atoms with Crippen LogP contribution in [-0.4, -0.2) is 28.6 Å². The predicted octanol–water partition coefficient (Wildman–Crippen LogP) is 5.38. The van der Waals surface area contributed by atoms with Crippen molar-refractivity contribution in [1.82, 2.24) is 0 Å². The van der Waals surface area contributed by atoms with Crippen LogP contribution < -0.4 is 0 Å². The van der Waals surface area contributed by atoms with Crippen LogP contribution in [0.2, 0.25) is 0 Å². The Morgan fingerprint density at radius 1 is 0.848 bits per heavy atom. The molecule has 4 nitrogen and oxygen atoms in total. The Labute approximate surface area is 194 Å². The van der Waals surface area contributed by atoms with E-state index in [0.29, 0.717) is 18.4 Å². The highest BCUT2D eigenvalue weighted by Gasteiger charge is 2.21. The molecule has 0 saturated carbocycles. The standard InChI is InChI=1S/C29H28O4/c30-20-5-4-9-23-12-14-24(15-13-23)25-16-18-26(19-17-25)28(31)21-27(29(32)33)11-6-10-22-7-2-1-3-8-22/h1-3,7-8,12-19,27,30H,5-6,10-11,20-21H2,(H,32,33). The minimum atomic E-state index is -0.921. The van der Waals surface area contributed by atoms with Gasteiger partial charge in [-0.1, -0.05) is 78.6 Å².